The minimum Gasteiger partial charge on any atom is -0.361 e. The minimum absolute atomic E-state index is 0.00518. The van der Waals surface area contributed by atoms with Gasteiger partial charge in [-0.15, -0.1) is 0 Å². The normalized spacial score (nSPS) is 16.1. The maximum atomic E-state index is 12.9. The van der Waals surface area contributed by atoms with E-state index in [1.54, 1.807) is 30.0 Å². The van der Waals surface area contributed by atoms with Crippen molar-refractivity contribution >= 4 is 15.9 Å². The average Bonchev–Trinajstić information content (AvgIpc) is 2.92. The number of hydrogen-bond acceptors (Lipinski definition) is 6. The molecule has 0 radical (unpaired) electrons. The fraction of sp³-hybridized carbons (Fsp3) is 0.353. The first-order valence-electron chi connectivity index (χ1n) is 8.15. The van der Waals surface area contributed by atoms with Gasteiger partial charge < -0.3 is 9.42 Å². The van der Waals surface area contributed by atoms with Crippen molar-refractivity contribution in [2.24, 2.45) is 0 Å². The summed E-state index contributed by atoms with van der Waals surface area (Å²) in [6.45, 7) is 2.82. The maximum Gasteiger partial charge on any atom is 0.276 e. The number of nitriles is 1. The van der Waals surface area contributed by atoms with Crippen molar-refractivity contribution in [3.05, 3.63) is 47.3 Å². The summed E-state index contributed by atoms with van der Waals surface area (Å²) in [6.07, 6.45) is 0.497. The number of amides is 1. The topological polar surface area (TPSA) is 108 Å². The van der Waals surface area contributed by atoms with Crippen molar-refractivity contribution in [1.82, 2.24) is 14.4 Å². The number of hydrogen-bond donors (Lipinski definition) is 0. The zero-order valence-corrected chi connectivity index (χ0v) is 15.1. The summed E-state index contributed by atoms with van der Waals surface area (Å²) in [6, 6.07) is 9.61. The number of carbonyl (C=O) groups excluding carboxylic acids is 1. The number of benzene rings is 1. The summed E-state index contributed by atoms with van der Waals surface area (Å²) in [7, 11) is -3.80. The lowest BCUT2D eigenvalue weighted by atomic mass is 10.2. The Morgan fingerprint density at radius 1 is 1.23 bits per heavy atom. The van der Waals surface area contributed by atoms with E-state index in [4.69, 9.17) is 4.52 Å². The van der Waals surface area contributed by atoms with Crippen LogP contribution in [0.25, 0.3) is 0 Å². The van der Waals surface area contributed by atoms with Gasteiger partial charge in [-0.1, -0.05) is 17.3 Å². The van der Waals surface area contributed by atoms with Gasteiger partial charge in [-0.2, -0.15) is 9.57 Å². The lowest BCUT2D eigenvalue weighted by Crippen LogP contribution is -2.37. The molecule has 9 heteroatoms. The molecule has 0 aliphatic carbocycles. The third-order valence-corrected chi connectivity index (χ3v) is 6.17. The lowest BCUT2D eigenvalue weighted by Gasteiger charge is -2.21. The van der Waals surface area contributed by atoms with Crippen LogP contribution in [0.15, 0.2) is 39.8 Å². The van der Waals surface area contributed by atoms with Gasteiger partial charge >= 0.3 is 0 Å². The predicted octanol–water partition coefficient (Wildman–Crippen LogP) is 1.39. The monoisotopic (exact) mass is 374 g/mol. The molecule has 2 aromatic rings. The standard InChI is InChI=1S/C17H18N4O4S/c1-13-11-15(19-25-13)17(22)20-7-4-8-21(10-9-20)26(23,24)16-6-3-2-5-14(16)12-18/h2-3,5-6,11H,4,7-10H2,1H3. The summed E-state index contributed by atoms with van der Waals surface area (Å²) >= 11 is 0. The van der Waals surface area contributed by atoms with Crippen molar-refractivity contribution in [3.8, 4) is 6.07 Å². The van der Waals surface area contributed by atoms with Crippen molar-refractivity contribution in [2.75, 3.05) is 26.2 Å². The predicted molar refractivity (Wildman–Crippen MR) is 91.7 cm³/mol. The van der Waals surface area contributed by atoms with Crippen molar-refractivity contribution in [1.29, 1.82) is 5.26 Å². The van der Waals surface area contributed by atoms with Crippen LogP contribution in [-0.2, 0) is 10.0 Å². The second kappa shape index (κ2) is 7.27. The van der Waals surface area contributed by atoms with Crippen LogP contribution in [0.1, 0.15) is 28.2 Å². The number of aromatic nitrogens is 1. The Bertz CT molecular complexity index is 961. The van der Waals surface area contributed by atoms with Crippen LogP contribution in [-0.4, -0.2) is 54.9 Å². The molecule has 26 heavy (non-hydrogen) atoms. The molecule has 1 aromatic carbocycles. The molecular weight excluding hydrogens is 356 g/mol. The van der Waals surface area contributed by atoms with Gasteiger partial charge in [-0.05, 0) is 25.5 Å². The van der Waals surface area contributed by atoms with Gasteiger partial charge in [0.15, 0.2) is 5.69 Å². The smallest absolute Gasteiger partial charge is 0.276 e. The molecule has 1 aliphatic heterocycles. The average molecular weight is 374 g/mol. The van der Waals surface area contributed by atoms with E-state index >= 15 is 0 Å². The van der Waals surface area contributed by atoms with Gasteiger partial charge in [0.25, 0.3) is 5.91 Å². The zero-order valence-electron chi connectivity index (χ0n) is 14.3. The Balaban J connectivity index is 1.78. The quantitative estimate of drug-likeness (QED) is 0.803. The molecule has 1 aromatic heterocycles. The molecule has 0 atom stereocenters. The molecule has 0 unspecified atom stereocenters. The number of sulfonamides is 1. The van der Waals surface area contributed by atoms with Crippen LogP contribution < -0.4 is 0 Å². The first-order chi connectivity index (χ1) is 12.4. The van der Waals surface area contributed by atoms with E-state index in [0.29, 0.717) is 18.7 Å². The first-order valence-corrected chi connectivity index (χ1v) is 9.59. The molecule has 0 bridgehead atoms. The van der Waals surface area contributed by atoms with Crippen LogP contribution >= 0.6 is 0 Å². The van der Waals surface area contributed by atoms with E-state index in [9.17, 15) is 18.5 Å². The van der Waals surface area contributed by atoms with Gasteiger partial charge in [-0.25, -0.2) is 8.42 Å². The summed E-state index contributed by atoms with van der Waals surface area (Å²) in [5.74, 6) is 0.263. The molecule has 8 nitrogen and oxygen atoms in total. The Morgan fingerprint density at radius 3 is 2.69 bits per heavy atom. The molecule has 1 fully saturated rings. The number of aryl methyl sites for hydroxylation is 1. The van der Waals surface area contributed by atoms with E-state index in [0.717, 1.165) is 0 Å². The molecule has 1 amide bonds. The van der Waals surface area contributed by atoms with Crippen molar-refractivity contribution in [3.63, 3.8) is 0 Å². The van der Waals surface area contributed by atoms with Crippen molar-refractivity contribution in [2.45, 2.75) is 18.2 Å². The highest BCUT2D eigenvalue weighted by molar-refractivity contribution is 7.89. The SMILES string of the molecule is Cc1cc(C(=O)N2CCCN(S(=O)(=O)c3ccccc3C#N)CC2)no1. The fourth-order valence-electron chi connectivity index (χ4n) is 2.89. The molecule has 0 saturated carbocycles. The van der Waals surface area contributed by atoms with E-state index in [-0.39, 0.29) is 41.7 Å². The van der Waals surface area contributed by atoms with Crippen LogP contribution in [0.3, 0.4) is 0 Å². The van der Waals surface area contributed by atoms with Gasteiger partial charge in [0, 0.05) is 32.2 Å². The zero-order chi connectivity index (χ0) is 18.7. The first kappa shape index (κ1) is 18.1. The van der Waals surface area contributed by atoms with E-state index in [1.165, 1.54) is 16.4 Å². The molecule has 3 rings (SSSR count). The summed E-state index contributed by atoms with van der Waals surface area (Å²) in [5.41, 5.74) is 0.330. The van der Waals surface area contributed by atoms with Crippen LogP contribution in [0, 0.1) is 18.3 Å². The summed E-state index contributed by atoms with van der Waals surface area (Å²) in [4.78, 5) is 14.1. The molecule has 2 heterocycles. The third kappa shape index (κ3) is 3.47. The Labute approximate surface area is 151 Å². The Kier molecular flexibility index (Phi) is 5.06. The summed E-state index contributed by atoms with van der Waals surface area (Å²) < 4.78 is 32.1. The highest BCUT2D eigenvalue weighted by Crippen LogP contribution is 2.21. The number of carbonyl (C=O) groups is 1. The third-order valence-electron chi connectivity index (χ3n) is 4.21. The lowest BCUT2D eigenvalue weighted by molar-refractivity contribution is 0.0754. The fourth-order valence-corrected chi connectivity index (χ4v) is 4.50. The van der Waals surface area contributed by atoms with Crippen LogP contribution in [0.5, 0.6) is 0 Å². The molecule has 1 aliphatic rings. The Morgan fingerprint density at radius 2 is 2.00 bits per heavy atom. The van der Waals surface area contributed by atoms with Crippen molar-refractivity contribution < 1.29 is 17.7 Å². The maximum absolute atomic E-state index is 12.9. The molecule has 0 N–H and O–H groups in total. The minimum atomic E-state index is -3.80. The summed E-state index contributed by atoms with van der Waals surface area (Å²) in [5, 5.41) is 12.9. The van der Waals surface area contributed by atoms with E-state index < -0.39 is 10.0 Å². The molecule has 1 saturated heterocycles. The van der Waals surface area contributed by atoms with Crippen LogP contribution in [0.2, 0.25) is 0 Å². The highest BCUT2D eigenvalue weighted by Gasteiger charge is 2.30. The highest BCUT2D eigenvalue weighted by atomic mass is 32.2. The molecular formula is C17H18N4O4S. The van der Waals surface area contributed by atoms with Gasteiger partial charge in [0.1, 0.15) is 11.8 Å². The van der Waals surface area contributed by atoms with Gasteiger partial charge in [0.05, 0.1) is 10.5 Å². The number of rotatable bonds is 3. The van der Waals surface area contributed by atoms with Gasteiger partial charge in [-0.3, -0.25) is 4.79 Å². The second-order valence-electron chi connectivity index (χ2n) is 5.98. The Hall–Kier alpha value is -2.70. The molecule has 0 spiro atoms. The second-order valence-corrected chi connectivity index (χ2v) is 7.89. The van der Waals surface area contributed by atoms with E-state index in [2.05, 4.69) is 5.16 Å². The van der Waals surface area contributed by atoms with Gasteiger partial charge in [0.2, 0.25) is 10.0 Å². The largest absolute Gasteiger partial charge is 0.361 e. The van der Waals surface area contributed by atoms with Crippen LogP contribution in [0.4, 0.5) is 0 Å². The van der Waals surface area contributed by atoms with E-state index in [1.807, 2.05) is 6.07 Å². The number of nitrogens with zero attached hydrogens (tertiary/aromatic N) is 4. The molecule has 136 valence electrons.